The van der Waals surface area contributed by atoms with E-state index in [1.54, 1.807) is 0 Å². The number of unbranched alkanes of at least 4 members (excludes halogenated alkanes) is 2. The molecule has 0 bridgehead atoms. The Morgan fingerprint density at radius 1 is 1.08 bits per heavy atom. The van der Waals surface area contributed by atoms with Crippen molar-refractivity contribution in [3.8, 4) is 0 Å². The van der Waals surface area contributed by atoms with Crippen molar-refractivity contribution in [3.63, 3.8) is 0 Å². The molecule has 4 heteroatoms. The van der Waals surface area contributed by atoms with Crippen LogP contribution in [-0.2, 0) is 9.59 Å². The zero-order valence-corrected chi connectivity index (χ0v) is 15.4. The van der Waals surface area contributed by atoms with Crippen LogP contribution in [0.25, 0.3) is 0 Å². The van der Waals surface area contributed by atoms with Crippen LogP contribution in [-0.4, -0.2) is 21.8 Å². The first-order valence-electron chi connectivity index (χ1n) is 9.09. The molecule has 2 rings (SSSR count). The van der Waals surface area contributed by atoms with Gasteiger partial charge in [-0.2, -0.15) is 0 Å². The van der Waals surface area contributed by atoms with Crippen LogP contribution in [0.3, 0.4) is 0 Å². The Balaban J connectivity index is 0.00000151. The second-order valence-corrected chi connectivity index (χ2v) is 6.57. The van der Waals surface area contributed by atoms with E-state index in [-0.39, 0.29) is 17.1 Å². The van der Waals surface area contributed by atoms with Gasteiger partial charge in [-0.1, -0.05) is 37.8 Å². The average molecular weight is 346 g/mol. The fraction of sp³-hybridized carbons (Fsp3) is 0.524. The lowest BCUT2D eigenvalue weighted by Crippen LogP contribution is -2.27. The maximum atomic E-state index is 12.5. The summed E-state index contributed by atoms with van der Waals surface area (Å²) in [5.74, 6) is -2.37. The summed E-state index contributed by atoms with van der Waals surface area (Å²) >= 11 is 0. The van der Waals surface area contributed by atoms with Crippen molar-refractivity contribution in [2.45, 2.75) is 65.2 Å². The highest BCUT2D eigenvalue weighted by Crippen LogP contribution is 2.35. The van der Waals surface area contributed by atoms with Gasteiger partial charge in [-0.3, -0.25) is 9.59 Å². The monoisotopic (exact) mass is 346 g/mol. The Hall–Kier alpha value is -2.10. The number of carbonyl (C=O) groups is 2. The van der Waals surface area contributed by atoms with E-state index in [9.17, 15) is 19.8 Å². The first-order valence-corrected chi connectivity index (χ1v) is 9.09. The molecule has 0 saturated heterocycles. The first kappa shape index (κ1) is 20.9. The van der Waals surface area contributed by atoms with Crippen LogP contribution in [0.1, 0.15) is 65.2 Å². The third-order valence-corrected chi connectivity index (χ3v) is 4.71. The van der Waals surface area contributed by atoms with Gasteiger partial charge < -0.3 is 10.2 Å². The molecule has 0 saturated carbocycles. The molecular formula is C21H30O4. The fourth-order valence-electron chi connectivity index (χ4n) is 3.38. The van der Waals surface area contributed by atoms with Gasteiger partial charge in [0.15, 0.2) is 11.5 Å². The molecule has 2 N–H and O–H groups in total. The molecule has 0 spiro atoms. The lowest BCUT2D eigenvalue weighted by molar-refractivity contribution is -0.120. The Bertz CT molecular complexity index is 607. The standard InChI is InChI=1S/C19H26O4.C2H4/c1-3-4-5-10-14-16(20)18(22)15(19(23)17(14)21)13-9-7-6-8-12(2)11-13;1-2/h11,13,20,23H,3-10H2,1-2H3;1-2H2. The minimum Gasteiger partial charge on any atom is -0.504 e. The van der Waals surface area contributed by atoms with Crippen molar-refractivity contribution in [3.05, 3.63) is 47.5 Å². The number of aliphatic hydroxyl groups is 2. The van der Waals surface area contributed by atoms with Crippen molar-refractivity contribution in [2.24, 2.45) is 5.92 Å². The highest BCUT2D eigenvalue weighted by Gasteiger charge is 2.37. The molecule has 0 radical (unpaired) electrons. The number of aliphatic hydroxyl groups excluding tert-OH is 2. The van der Waals surface area contributed by atoms with Crippen molar-refractivity contribution in [1.82, 2.24) is 0 Å². The molecule has 0 aromatic heterocycles. The molecule has 0 fully saturated rings. The SMILES string of the molecule is C=C.CCCCCC1=C(O)C(=O)C(C2C=C(C)CCCC2)=C(O)C1=O. The normalized spacial score (nSPS) is 21.5. The van der Waals surface area contributed by atoms with Gasteiger partial charge in [-0.15, -0.1) is 13.2 Å². The summed E-state index contributed by atoms with van der Waals surface area (Å²) in [6.45, 7) is 10.0. The molecule has 0 heterocycles. The van der Waals surface area contributed by atoms with Crippen LogP contribution in [0, 0.1) is 5.92 Å². The van der Waals surface area contributed by atoms with Gasteiger partial charge in [0.1, 0.15) is 0 Å². The van der Waals surface area contributed by atoms with Gasteiger partial charge in [0.05, 0.1) is 5.57 Å². The highest BCUT2D eigenvalue weighted by molar-refractivity contribution is 6.23. The molecule has 0 amide bonds. The molecule has 0 aliphatic heterocycles. The predicted octanol–water partition coefficient (Wildman–Crippen LogP) is 5.28. The number of allylic oxidation sites excluding steroid dienone is 4. The Kier molecular flexibility index (Phi) is 8.39. The average Bonchev–Trinajstić information content (AvgIpc) is 2.83. The highest BCUT2D eigenvalue weighted by atomic mass is 16.3. The van der Waals surface area contributed by atoms with Gasteiger partial charge in [0.25, 0.3) is 0 Å². The predicted molar refractivity (Wildman–Crippen MR) is 100 cm³/mol. The molecule has 138 valence electrons. The second kappa shape index (κ2) is 10.0. The molecule has 1 atom stereocenters. The summed E-state index contributed by atoms with van der Waals surface area (Å²) in [6, 6.07) is 0. The van der Waals surface area contributed by atoms with Crippen LogP contribution in [0.4, 0.5) is 0 Å². The molecule has 0 aromatic rings. The van der Waals surface area contributed by atoms with E-state index in [4.69, 9.17) is 0 Å². The van der Waals surface area contributed by atoms with E-state index in [1.807, 2.05) is 19.9 Å². The van der Waals surface area contributed by atoms with Gasteiger partial charge in [-0.05, 0) is 39.0 Å². The maximum absolute atomic E-state index is 12.5. The zero-order valence-electron chi connectivity index (χ0n) is 15.4. The van der Waals surface area contributed by atoms with E-state index in [2.05, 4.69) is 13.2 Å². The second-order valence-electron chi connectivity index (χ2n) is 6.57. The Morgan fingerprint density at radius 2 is 1.76 bits per heavy atom. The maximum Gasteiger partial charge on any atom is 0.228 e. The molecular weight excluding hydrogens is 316 g/mol. The number of hydrogen-bond acceptors (Lipinski definition) is 4. The first-order chi connectivity index (χ1) is 12.0. The number of rotatable bonds is 5. The lowest BCUT2D eigenvalue weighted by Gasteiger charge is -2.22. The van der Waals surface area contributed by atoms with E-state index in [1.165, 1.54) is 0 Å². The van der Waals surface area contributed by atoms with E-state index in [0.29, 0.717) is 12.8 Å². The van der Waals surface area contributed by atoms with Crippen molar-refractivity contribution in [1.29, 1.82) is 0 Å². The Labute approximate surface area is 150 Å². The summed E-state index contributed by atoms with van der Waals surface area (Å²) in [6.07, 6.45) is 8.57. The lowest BCUT2D eigenvalue weighted by atomic mass is 9.82. The summed E-state index contributed by atoms with van der Waals surface area (Å²) in [7, 11) is 0. The Morgan fingerprint density at radius 3 is 2.40 bits per heavy atom. The van der Waals surface area contributed by atoms with E-state index in [0.717, 1.165) is 44.1 Å². The third-order valence-electron chi connectivity index (χ3n) is 4.71. The van der Waals surface area contributed by atoms with Crippen molar-refractivity contribution in [2.75, 3.05) is 0 Å². The number of Topliss-reactive ketones (excluding diaryl/α,β-unsaturated/α-hetero) is 2. The smallest absolute Gasteiger partial charge is 0.228 e. The van der Waals surface area contributed by atoms with Gasteiger partial charge in [-0.25, -0.2) is 0 Å². The third kappa shape index (κ3) is 4.94. The quantitative estimate of drug-likeness (QED) is 0.403. The fourth-order valence-corrected chi connectivity index (χ4v) is 3.38. The van der Waals surface area contributed by atoms with Gasteiger partial charge >= 0.3 is 0 Å². The number of hydrogen-bond donors (Lipinski definition) is 2. The van der Waals surface area contributed by atoms with Crippen LogP contribution < -0.4 is 0 Å². The summed E-state index contributed by atoms with van der Waals surface area (Å²) in [4.78, 5) is 24.9. The molecule has 1 unspecified atom stereocenters. The minimum absolute atomic E-state index is 0.0685. The van der Waals surface area contributed by atoms with Crippen LogP contribution >= 0.6 is 0 Å². The van der Waals surface area contributed by atoms with Crippen LogP contribution in [0.2, 0.25) is 0 Å². The van der Waals surface area contributed by atoms with Crippen molar-refractivity contribution >= 4 is 11.6 Å². The zero-order chi connectivity index (χ0) is 19.0. The molecule has 2 aliphatic carbocycles. The van der Waals surface area contributed by atoms with E-state index < -0.39 is 23.1 Å². The largest absolute Gasteiger partial charge is 0.504 e. The van der Waals surface area contributed by atoms with Gasteiger partial charge in [0.2, 0.25) is 11.6 Å². The molecule has 4 nitrogen and oxygen atoms in total. The number of carbonyl (C=O) groups excluding carboxylic acids is 2. The van der Waals surface area contributed by atoms with E-state index >= 15 is 0 Å². The summed E-state index contributed by atoms with van der Waals surface area (Å²) in [5, 5.41) is 20.5. The minimum atomic E-state index is -0.580. The molecule has 2 aliphatic rings. The van der Waals surface area contributed by atoms with Crippen LogP contribution in [0.15, 0.2) is 47.5 Å². The van der Waals surface area contributed by atoms with Gasteiger partial charge in [0, 0.05) is 11.5 Å². The van der Waals surface area contributed by atoms with Crippen LogP contribution in [0.5, 0.6) is 0 Å². The topological polar surface area (TPSA) is 74.6 Å². The molecule has 0 aromatic carbocycles. The summed E-state index contributed by atoms with van der Waals surface area (Å²) < 4.78 is 0. The van der Waals surface area contributed by atoms with Crippen molar-refractivity contribution < 1.29 is 19.8 Å². The number of ketones is 2. The molecule has 25 heavy (non-hydrogen) atoms. The summed E-state index contributed by atoms with van der Waals surface area (Å²) in [5.41, 5.74) is 1.30.